The molecule has 1 aromatic carbocycles. The number of fused-ring (bicyclic) bond motifs is 1. The van der Waals surface area contributed by atoms with E-state index in [0.29, 0.717) is 11.4 Å². The van der Waals surface area contributed by atoms with Gasteiger partial charge in [-0.15, -0.1) is 0 Å². The summed E-state index contributed by atoms with van der Waals surface area (Å²) in [5, 5.41) is 16.4. The van der Waals surface area contributed by atoms with Crippen LogP contribution in [0.15, 0.2) is 30.5 Å². The quantitative estimate of drug-likeness (QED) is 0.849. The highest BCUT2D eigenvalue weighted by Crippen LogP contribution is 2.42. The van der Waals surface area contributed by atoms with Crippen LogP contribution in [0, 0.1) is 0 Å². The first kappa shape index (κ1) is 14.6. The highest BCUT2D eigenvalue weighted by Gasteiger charge is 2.39. The third kappa shape index (κ3) is 2.39. The number of nitrogens with zero attached hydrogens (tertiary/aromatic N) is 2. The molecule has 1 heterocycles. The van der Waals surface area contributed by atoms with Crippen LogP contribution in [0.2, 0.25) is 5.02 Å². The van der Waals surface area contributed by atoms with E-state index >= 15 is 0 Å². The predicted molar refractivity (Wildman–Crippen MR) is 84.6 cm³/mol. The molecule has 3 rings (SSSR count). The lowest BCUT2D eigenvalue weighted by Gasteiger charge is -2.31. The Hall–Kier alpha value is -1.32. The van der Waals surface area contributed by atoms with E-state index in [0.717, 1.165) is 30.5 Å². The molecule has 0 spiro atoms. The zero-order valence-corrected chi connectivity index (χ0v) is 13.3. The summed E-state index contributed by atoms with van der Waals surface area (Å²) >= 11 is 6.39. The molecule has 0 fully saturated rings. The average Bonchev–Trinajstić information content (AvgIpc) is 2.78. The molecule has 1 aliphatic rings. The molecule has 21 heavy (non-hydrogen) atoms. The van der Waals surface area contributed by atoms with Gasteiger partial charge in [-0.05, 0) is 50.7 Å². The minimum Gasteiger partial charge on any atom is -0.379 e. The third-order valence-electron chi connectivity index (χ3n) is 4.33. The van der Waals surface area contributed by atoms with E-state index in [9.17, 15) is 5.11 Å². The normalized spacial score (nSPS) is 22.1. The van der Waals surface area contributed by atoms with Crippen LogP contribution in [0.5, 0.6) is 0 Å². The maximum atomic E-state index is 11.5. The number of benzene rings is 1. The topological polar surface area (TPSA) is 38.0 Å². The molecule has 1 unspecified atom stereocenters. The van der Waals surface area contributed by atoms with Crippen molar-refractivity contribution in [2.24, 2.45) is 0 Å². The van der Waals surface area contributed by atoms with Crippen molar-refractivity contribution in [1.82, 2.24) is 9.78 Å². The summed E-state index contributed by atoms with van der Waals surface area (Å²) < 4.78 is 1.85. The Balaban J connectivity index is 2.23. The Labute approximate surface area is 130 Å². The molecule has 2 aromatic rings. The summed E-state index contributed by atoms with van der Waals surface area (Å²) in [4.78, 5) is 0. The van der Waals surface area contributed by atoms with Crippen LogP contribution in [0.3, 0.4) is 0 Å². The fraction of sp³-hybridized carbons (Fsp3) is 0.471. The Morgan fingerprint density at radius 1 is 1.29 bits per heavy atom. The third-order valence-corrected chi connectivity index (χ3v) is 4.61. The van der Waals surface area contributed by atoms with Gasteiger partial charge in [0.2, 0.25) is 0 Å². The van der Waals surface area contributed by atoms with Gasteiger partial charge < -0.3 is 5.11 Å². The molecule has 3 nitrogen and oxygen atoms in total. The number of hydrogen-bond donors (Lipinski definition) is 1. The van der Waals surface area contributed by atoms with Crippen molar-refractivity contribution in [3.63, 3.8) is 0 Å². The Morgan fingerprint density at radius 3 is 2.81 bits per heavy atom. The van der Waals surface area contributed by atoms with Gasteiger partial charge in [-0.2, -0.15) is 5.10 Å². The molecule has 0 saturated carbocycles. The van der Waals surface area contributed by atoms with Crippen molar-refractivity contribution in [2.75, 3.05) is 0 Å². The summed E-state index contributed by atoms with van der Waals surface area (Å²) in [5.74, 6) is 0. The second-order valence-electron chi connectivity index (χ2n) is 6.10. The van der Waals surface area contributed by atoms with E-state index < -0.39 is 5.60 Å². The monoisotopic (exact) mass is 304 g/mol. The van der Waals surface area contributed by atoms with Crippen LogP contribution in [-0.2, 0) is 12.0 Å². The predicted octanol–water partition coefficient (Wildman–Crippen LogP) is 4.08. The minimum absolute atomic E-state index is 0.159. The van der Waals surface area contributed by atoms with Gasteiger partial charge in [0.05, 0.1) is 16.9 Å². The molecule has 0 bridgehead atoms. The molecule has 0 saturated heterocycles. The van der Waals surface area contributed by atoms with E-state index in [1.54, 1.807) is 6.20 Å². The van der Waals surface area contributed by atoms with Gasteiger partial charge in [-0.3, -0.25) is 4.68 Å². The molecule has 0 amide bonds. The summed E-state index contributed by atoms with van der Waals surface area (Å²) in [7, 11) is 0. The second-order valence-corrected chi connectivity index (χ2v) is 6.51. The van der Waals surface area contributed by atoms with Crippen molar-refractivity contribution < 1.29 is 5.11 Å². The molecule has 112 valence electrons. The lowest BCUT2D eigenvalue weighted by Crippen LogP contribution is -2.32. The largest absolute Gasteiger partial charge is 0.379 e. The van der Waals surface area contributed by atoms with Gasteiger partial charge in [0.25, 0.3) is 0 Å². The lowest BCUT2D eigenvalue weighted by molar-refractivity contribution is 0.0595. The molecular weight excluding hydrogens is 284 g/mol. The smallest absolute Gasteiger partial charge is 0.133 e. The molecule has 0 aliphatic heterocycles. The number of aryl methyl sites for hydroxylation is 1. The van der Waals surface area contributed by atoms with Crippen LogP contribution in [0.25, 0.3) is 0 Å². The molecule has 0 radical (unpaired) electrons. The second kappa shape index (κ2) is 5.47. The molecule has 1 aromatic heterocycles. The van der Waals surface area contributed by atoms with Gasteiger partial charge in [0.15, 0.2) is 0 Å². The fourth-order valence-electron chi connectivity index (χ4n) is 3.34. The first-order valence-electron chi connectivity index (χ1n) is 7.58. The molecular formula is C17H21ClN2O. The first-order chi connectivity index (χ1) is 10.0. The van der Waals surface area contributed by atoms with Crippen LogP contribution in [0.1, 0.15) is 56.0 Å². The summed E-state index contributed by atoms with van der Waals surface area (Å²) in [6.07, 6.45) is 5.40. The van der Waals surface area contributed by atoms with E-state index in [1.807, 2.05) is 22.9 Å². The zero-order valence-electron chi connectivity index (χ0n) is 12.5. The highest BCUT2D eigenvalue weighted by atomic mass is 35.5. The first-order valence-corrected chi connectivity index (χ1v) is 7.96. The maximum Gasteiger partial charge on any atom is 0.133 e. The van der Waals surface area contributed by atoms with Gasteiger partial charge in [-0.1, -0.05) is 35.9 Å². The molecule has 1 N–H and O–H groups in total. The highest BCUT2D eigenvalue weighted by molar-refractivity contribution is 6.31. The Morgan fingerprint density at radius 2 is 2.05 bits per heavy atom. The summed E-state index contributed by atoms with van der Waals surface area (Å²) in [5.41, 5.74) is 1.87. The van der Waals surface area contributed by atoms with Crippen molar-refractivity contribution >= 4 is 11.6 Å². The van der Waals surface area contributed by atoms with Gasteiger partial charge >= 0.3 is 0 Å². The van der Waals surface area contributed by atoms with Gasteiger partial charge in [0, 0.05) is 6.04 Å². The number of rotatable bonds is 2. The SMILES string of the molecule is CC(C)n1ncc(Cl)c1C1(O)CCCCc2ccccc21. The average molecular weight is 305 g/mol. The zero-order chi connectivity index (χ0) is 15.0. The van der Waals surface area contributed by atoms with Crippen LogP contribution in [0.4, 0.5) is 0 Å². The summed E-state index contributed by atoms with van der Waals surface area (Å²) in [6, 6.07) is 8.31. The molecule has 1 aliphatic carbocycles. The van der Waals surface area contributed by atoms with Crippen molar-refractivity contribution in [3.8, 4) is 0 Å². The lowest BCUT2D eigenvalue weighted by atomic mass is 9.85. The molecule has 4 heteroatoms. The summed E-state index contributed by atoms with van der Waals surface area (Å²) in [6.45, 7) is 4.11. The Kier molecular flexibility index (Phi) is 3.80. The van der Waals surface area contributed by atoms with E-state index in [-0.39, 0.29) is 6.04 Å². The van der Waals surface area contributed by atoms with E-state index in [2.05, 4.69) is 25.0 Å². The van der Waals surface area contributed by atoms with Crippen LogP contribution in [-0.4, -0.2) is 14.9 Å². The molecule has 1 atom stereocenters. The van der Waals surface area contributed by atoms with Gasteiger partial charge in [0.1, 0.15) is 5.60 Å². The number of hydrogen-bond acceptors (Lipinski definition) is 2. The van der Waals surface area contributed by atoms with E-state index in [4.69, 9.17) is 11.6 Å². The van der Waals surface area contributed by atoms with Gasteiger partial charge in [-0.25, -0.2) is 0 Å². The van der Waals surface area contributed by atoms with Crippen molar-refractivity contribution in [2.45, 2.75) is 51.2 Å². The van der Waals surface area contributed by atoms with Crippen molar-refractivity contribution in [3.05, 3.63) is 52.3 Å². The van der Waals surface area contributed by atoms with Crippen molar-refractivity contribution in [1.29, 1.82) is 0 Å². The maximum absolute atomic E-state index is 11.5. The minimum atomic E-state index is -1.05. The van der Waals surface area contributed by atoms with Crippen LogP contribution < -0.4 is 0 Å². The number of aliphatic hydroxyl groups is 1. The fourth-order valence-corrected chi connectivity index (χ4v) is 3.63. The Bertz CT molecular complexity index is 650. The standard InChI is InChI=1S/C17H21ClN2O/c1-12(2)20-16(15(18)11-19-20)17(21)10-6-5-8-13-7-3-4-9-14(13)17/h3-4,7,9,11-12,21H,5-6,8,10H2,1-2H3. The van der Waals surface area contributed by atoms with Crippen LogP contribution >= 0.6 is 11.6 Å². The number of halogens is 1. The number of aromatic nitrogens is 2. The van der Waals surface area contributed by atoms with E-state index in [1.165, 1.54) is 5.56 Å².